The fourth-order valence-electron chi connectivity index (χ4n) is 7.42. The average Bonchev–Trinajstić information content (AvgIpc) is 3.08. The van der Waals surface area contributed by atoms with Gasteiger partial charge in [0, 0.05) is 18.0 Å². The second kappa shape index (κ2) is 10.5. The highest BCUT2D eigenvalue weighted by Gasteiger charge is 2.46. The van der Waals surface area contributed by atoms with Crippen LogP contribution in [0, 0.1) is 22.7 Å². The standard InChI is InChI=1S/C38H28N4O2/c39-23-25-11-9-12-26(24-40)37(25)38-31(41-27-13-1-5-19-33(27)43-34-20-6-2-14-28(34)41)17-10-18-32(38)42-29-15-3-7-21-35(29)44-36-22-8-4-16-30(36)42/h1-9,11-16,19-22,31-32,38H,10,17-18H2. The Morgan fingerprint density at radius 1 is 0.500 bits per heavy atom. The first kappa shape index (κ1) is 25.9. The van der Waals surface area contributed by atoms with E-state index in [1.807, 2.05) is 91.0 Å². The van der Waals surface area contributed by atoms with Crippen molar-refractivity contribution in [3.05, 3.63) is 132 Å². The minimum Gasteiger partial charge on any atom is -0.453 e. The summed E-state index contributed by atoms with van der Waals surface area (Å²) in [5, 5.41) is 20.9. The van der Waals surface area contributed by atoms with Crippen molar-refractivity contribution < 1.29 is 9.47 Å². The van der Waals surface area contributed by atoms with Crippen LogP contribution >= 0.6 is 0 Å². The average molecular weight is 573 g/mol. The monoisotopic (exact) mass is 572 g/mol. The molecule has 6 nitrogen and oxygen atoms in total. The van der Waals surface area contributed by atoms with E-state index in [2.05, 4.69) is 46.2 Å². The highest BCUT2D eigenvalue weighted by atomic mass is 16.5. The number of para-hydroxylation sites is 8. The highest BCUT2D eigenvalue weighted by Crippen LogP contribution is 2.56. The zero-order chi connectivity index (χ0) is 29.6. The summed E-state index contributed by atoms with van der Waals surface area (Å²) in [4.78, 5) is 4.80. The molecule has 44 heavy (non-hydrogen) atoms. The van der Waals surface area contributed by atoms with E-state index in [4.69, 9.17) is 9.47 Å². The second-order valence-corrected chi connectivity index (χ2v) is 11.4. The van der Waals surface area contributed by atoms with Crippen LogP contribution in [0.1, 0.15) is 41.9 Å². The van der Waals surface area contributed by atoms with Crippen LogP contribution in [0.15, 0.2) is 115 Å². The van der Waals surface area contributed by atoms with Gasteiger partial charge in [-0.2, -0.15) is 10.5 Å². The Hall–Kier alpha value is -5.72. The Labute approximate surface area is 256 Å². The van der Waals surface area contributed by atoms with Gasteiger partial charge in [0.1, 0.15) is 0 Å². The maximum Gasteiger partial charge on any atom is 0.151 e. The van der Waals surface area contributed by atoms with Crippen molar-refractivity contribution in [1.29, 1.82) is 10.5 Å². The van der Waals surface area contributed by atoms with E-state index in [0.29, 0.717) is 11.1 Å². The zero-order valence-electron chi connectivity index (χ0n) is 23.9. The summed E-state index contributed by atoms with van der Waals surface area (Å²) < 4.78 is 12.8. The summed E-state index contributed by atoms with van der Waals surface area (Å²) in [5.74, 6) is 2.96. The topological polar surface area (TPSA) is 72.5 Å². The van der Waals surface area contributed by atoms with E-state index in [1.165, 1.54) is 0 Å². The van der Waals surface area contributed by atoms with Crippen LogP contribution in [0.3, 0.4) is 0 Å². The molecule has 0 N–H and O–H groups in total. The minimum atomic E-state index is -0.215. The number of benzene rings is 5. The van der Waals surface area contributed by atoms with E-state index in [9.17, 15) is 10.5 Å². The van der Waals surface area contributed by atoms with Gasteiger partial charge in [0.15, 0.2) is 23.0 Å². The maximum atomic E-state index is 10.5. The lowest BCUT2D eigenvalue weighted by Crippen LogP contribution is -2.51. The number of ether oxygens (including phenoxy) is 2. The Balaban J connectivity index is 1.40. The van der Waals surface area contributed by atoms with Crippen LogP contribution in [-0.2, 0) is 0 Å². The predicted octanol–water partition coefficient (Wildman–Crippen LogP) is 9.32. The van der Waals surface area contributed by atoms with Gasteiger partial charge in [-0.1, -0.05) is 54.6 Å². The lowest BCUT2D eigenvalue weighted by Gasteiger charge is -2.51. The van der Waals surface area contributed by atoms with Crippen LogP contribution in [0.2, 0.25) is 0 Å². The van der Waals surface area contributed by atoms with Crippen molar-refractivity contribution in [1.82, 2.24) is 0 Å². The van der Waals surface area contributed by atoms with E-state index in [-0.39, 0.29) is 18.0 Å². The van der Waals surface area contributed by atoms with Crippen molar-refractivity contribution in [2.24, 2.45) is 0 Å². The fourth-order valence-corrected chi connectivity index (χ4v) is 7.42. The quantitative estimate of drug-likeness (QED) is 0.214. The largest absolute Gasteiger partial charge is 0.453 e. The lowest BCUT2D eigenvalue weighted by atomic mass is 9.71. The first-order valence-electron chi connectivity index (χ1n) is 15.0. The molecular weight excluding hydrogens is 544 g/mol. The molecule has 0 bridgehead atoms. The van der Waals surface area contributed by atoms with Gasteiger partial charge < -0.3 is 19.3 Å². The molecule has 0 spiro atoms. The van der Waals surface area contributed by atoms with E-state index < -0.39 is 0 Å². The zero-order valence-corrected chi connectivity index (χ0v) is 23.9. The molecule has 8 rings (SSSR count). The molecule has 2 unspecified atom stereocenters. The third-order valence-corrected chi connectivity index (χ3v) is 9.11. The Morgan fingerprint density at radius 2 is 0.864 bits per heavy atom. The molecule has 0 amide bonds. The number of hydrogen-bond acceptors (Lipinski definition) is 6. The third-order valence-electron chi connectivity index (χ3n) is 9.11. The summed E-state index contributed by atoms with van der Waals surface area (Å²) in [7, 11) is 0. The van der Waals surface area contributed by atoms with Gasteiger partial charge in [-0.25, -0.2) is 0 Å². The highest BCUT2D eigenvalue weighted by molar-refractivity contribution is 5.81. The molecule has 2 heterocycles. The summed E-state index contributed by atoms with van der Waals surface area (Å²) in [5.41, 5.74) is 5.81. The smallest absolute Gasteiger partial charge is 0.151 e. The van der Waals surface area contributed by atoms with Crippen LogP contribution < -0.4 is 19.3 Å². The maximum absolute atomic E-state index is 10.5. The van der Waals surface area contributed by atoms with Crippen LogP contribution in [0.5, 0.6) is 23.0 Å². The number of rotatable bonds is 3. The van der Waals surface area contributed by atoms with E-state index in [0.717, 1.165) is 70.6 Å². The molecule has 5 aromatic carbocycles. The molecule has 1 fully saturated rings. The molecule has 0 saturated heterocycles. The Morgan fingerprint density at radius 3 is 1.23 bits per heavy atom. The molecule has 0 radical (unpaired) electrons. The van der Waals surface area contributed by atoms with Gasteiger partial charge in [-0.3, -0.25) is 0 Å². The molecule has 2 aliphatic heterocycles. The lowest BCUT2D eigenvalue weighted by molar-refractivity contribution is 0.323. The number of fused-ring (bicyclic) bond motifs is 4. The molecule has 3 aliphatic rings. The predicted molar refractivity (Wildman–Crippen MR) is 170 cm³/mol. The Bertz CT molecular complexity index is 1760. The minimum absolute atomic E-state index is 0.0799. The summed E-state index contributed by atoms with van der Waals surface area (Å²) in [6.07, 6.45) is 2.72. The van der Waals surface area contributed by atoms with Crippen LogP contribution in [-0.4, -0.2) is 12.1 Å². The first-order chi connectivity index (χ1) is 21.8. The Kier molecular flexibility index (Phi) is 6.21. The summed E-state index contributed by atoms with van der Waals surface area (Å²) >= 11 is 0. The van der Waals surface area contributed by atoms with Crippen LogP contribution in [0.4, 0.5) is 22.7 Å². The number of nitriles is 2. The van der Waals surface area contributed by atoms with Crippen molar-refractivity contribution in [3.63, 3.8) is 0 Å². The van der Waals surface area contributed by atoms with Gasteiger partial charge in [0.2, 0.25) is 0 Å². The van der Waals surface area contributed by atoms with E-state index >= 15 is 0 Å². The summed E-state index contributed by atoms with van der Waals surface area (Å²) in [6, 6.07) is 42.8. The van der Waals surface area contributed by atoms with Crippen molar-refractivity contribution in [3.8, 4) is 35.1 Å². The molecule has 2 atom stereocenters. The van der Waals surface area contributed by atoms with Gasteiger partial charge in [0.05, 0.1) is 46.0 Å². The van der Waals surface area contributed by atoms with Gasteiger partial charge in [0.25, 0.3) is 0 Å². The van der Waals surface area contributed by atoms with Crippen molar-refractivity contribution >= 4 is 22.7 Å². The summed E-state index contributed by atoms with van der Waals surface area (Å²) in [6.45, 7) is 0. The molecule has 212 valence electrons. The van der Waals surface area contributed by atoms with Crippen LogP contribution in [0.25, 0.3) is 0 Å². The molecule has 1 aliphatic carbocycles. The molecule has 6 heteroatoms. The first-order valence-corrected chi connectivity index (χ1v) is 15.0. The molecule has 1 saturated carbocycles. The number of nitrogens with zero attached hydrogens (tertiary/aromatic N) is 4. The molecular formula is C38H28N4O2. The molecule has 5 aromatic rings. The van der Waals surface area contributed by atoms with Gasteiger partial charge >= 0.3 is 0 Å². The third kappa shape index (κ3) is 4.00. The van der Waals surface area contributed by atoms with E-state index in [1.54, 1.807) is 0 Å². The molecule has 0 aromatic heterocycles. The van der Waals surface area contributed by atoms with Gasteiger partial charge in [-0.15, -0.1) is 0 Å². The normalized spacial score (nSPS) is 19.5. The van der Waals surface area contributed by atoms with Crippen molar-refractivity contribution in [2.75, 3.05) is 9.80 Å². The second-order valence-electron chi connectivity index (χ2n) is 11.4. The van der Waals surface area contributed by atoms with Gasteiger partial charge in [-0.05, 0) is 85.5 Å². The van der Waals surface area contributed by atoms with Crippen molar-refractivity contribution in [2.45, 2.75) is 37.3 Å². The number of anilines is 4. The number of hydrogen-bond donors (Lipinski definition) is 0. The SMILES string of the molecule is N#Cc1cccc(C#N)c1C1C(N2c3ccccc3Oc3ccccc32)CCCC1N1c2ccccc2Oc2ccccc21. The fraction of sp³-hybridized carbons (Fsp3) is 0.158.